The van der Waals surface area contributed by atoms with Gasteiger partial charge in [-0.2, -0.15) is 0 Å². The van der Waals surface area contributed by atoms with E-state index in [9.17, 15) is 4.79 Å². The SMILES string of the molecule is O=C(c1cncnc1)N1CCC(CBr)CC1. The molecule has 0 bridgehead atoms. The van der Waals surface area contributed by atoms with Crippen molar-refractivity contribution in [1.29, 1.82) is 0 Å². The highest BCUT2D eigenvalue weighted by Gasteiger charge is 2.23. The molecule has 0 radical (unpaired) electrons. The molecule has 1 aliphatic heterocycles. The van der Waals surface area contributed by atoms with Gasteiger partial charge in [-0.05, 0) is 18.8 Å². The van der Waals surface area contributed by atoms with Gasteiger partial charge in [0.05, 0.1) is 5.56 Å². The van der Waals surface area contributed by atoms with Gasteiger partial charge in [-0.1, -0.05) is 15.9 Å². The molecule has 16 heavy (non-hydrogen) atoms. The maximum Gasteiger partial charge on any atom is 0.256 e. The van der Waals surface area contributed by atoms with Gasteiger partial charge in [-0.3, -0.25) is 4.79 Å². The van der Waals surface area contributed by atoms with Crippen molar-refractivity contribution in [3.8, 4) is 0 Å². The number of nitrogens with zero attached hydrogens (tertiary/aromatic N) is 3. The Hall–Kier alpha value is -0.970. The molecule has 1 saturated heterocycles. The fourth-order valence-electron chi connectivity index (χ4n) is 1.88. The fourth-order valence-corrected chi connectivity index (χ4v) is 2.53. The smallest absolute Gasteiger partial charge is 0.256 e. The molecule has 2 rings (SSSR count). The Morgan fingerprint density at radius 2 is 2.00 bits per heavy atom. The minimum absolute atomic E-state index is 0.0497. The van der Waals surface area contributed by atoms with Crippen molar-refractivity contribution in [1.82, 2.24) is 14.9 Å². The van der Waals surface area contributed by atoms with Crippen molar-refractivity contribution in [3.05, 3.63) is 24.3 Å². The Morgan fingerprint density at radius 1 is 1.38 bits per heavy atom. The second kappa shape index (κ2) is 5.39. The second-order valence-corrected chi connectivity index (χ2v) is 4.66. The van der Waals surface area contributed by atoms with E-state index in [-0.39, 0.29) is 5.91 Å². The Labute approximate surface area is 103 Å². The summed E-state index contributed by atoms with van der Waals surface area (Å²) >= 11 is 3.49. The number of hydrogen-bond acceptors (Lipinski definition) is 3. The Morgan fingerprint density at radius 3 is 2.56 bits per heavy atom. The predicted molar refractivity (Wildman–Crippen MR) is 64.5 cm³/mol. The molecule has 1 aromatic heterocycles. The normalized spacial score (nSPS) is 17.4. The first-order chi connectivity index (χ1) is 7.81. The van der Waals surface area contributed by atoms with Gasteiger partial charge in [0.15, 0.2) is 0 Å². The third-order valence-corrected chi connectivity index (χ3v) is 3.84. The molecule has 0 atom stereocenters. The minimum Gasteiger partial charge on any atom is -0.339 e. The lowest BCUT2D eigenvalue weighted by Gasteiger charge is -2.31. The Bertz CT molecular complexity index is 350. The van der Waals surface area contributed by atoms with E-state index >= 15 is 0 Å². The first kappa shape index (κ1) is 11.5. The van der Waals surface area contributed by atoms with E-state index in [1.54, 1.807) is 12.4 Å². The summed E-state index contributed by atoms with van der Waals surface area (Å²) in [5.74, 6) is 0.754. The molecule has 2 heterocycles. The number of halogens is 1. The lowest BCUT2D eigenvalue weighted by molar-refractivity contribution is 0.0698. The van der Waals surface area contributed by atoms with Crippen LogP contribution < -0.4 is 0 Å². The highest BCUT2D eigenvalue weighted by atomic mass is 79.9. The molecular formula is C11H14BrN3O. The molecule has 1 aliphatic rings. The lowest BCUT2D eigenvalue weighted by Crippen LogP contribution is -2.38. The fraction of sp³-hybridized carbons (Fsp3) is 0.545. The number of carbonyl (C=O) groups is 1. The highest BCUT2D eigenvalue weighted by Crippen LogP contribution is 2.20. The molecule has 1 amide bonds. The number of alkyl halides is 1. The quantitative estimate of drug-likeness (QED) is 0.777. The van der Waals surface area contributed by atoms with E-state index in [4.69, 9.17) is 0 Å². The van der Waals surface area contributed by atoms with Gasteiger partial charge in [-0.25, -0.2) is 9.97 Å². The minimum atomic E-state index is 0.0497. The van der Waals surface area contributed by atoms with E-state index in [1.807, 2.05) is 4.90 Å². The van der Waals surface area contributed by atoms with Gasteiger partial charge in [-0.15, -0.1) is 0 Å². The standard InChI is InChI=1S/C11H14BrN3O/c12-5-9-1-3-15(4-2-9)11(16)10-6-13-8-14-7-10/h6-9H,1-5H2. The number of carbonyl (C=O) groups excluding carboxylic acids is 1. The summed E-state index contributed by atoms with van der Waals surface area (Å²) in [6.07, 6.45) is 6.74. The van der Waals surface area contributed by atoms with E-state index in [0.29, 0.717) is 11.5 Å². The molecule has 5 heteroatoms. The lowest BCUT2D eigenvalue weighted by atomic mass is 9.99. The highest BCUT2D eigenvalue weighted by molar-refractivity contribution is 9.09. The van der Waals surface area contributed by atoms with Crippen LogP contribution in [-0.2, 0) is 0 Å². The zero-order valence-electron chi connectivity index (χ0n) is 8.97. The van der Waals surface area contributed by atoms with Crippen LogP contribution in [0, 0.1) is 5.92 Å². The summed E-state index contributed by atoms with van der Waals surface area (Å²) in [6, 6.07) is 0. The second-order valence-electron chi connectivity index (χ2n) is 4.02. The zero-order chi connectivity index (χ0) is 11.4. The van der Waals surface area contributed by atoms with Crippen molar-refractivity contribution in [2.24, 2.45) is 5.92 Å². The van der Waals surface area contributed by atoms with Crippen molar-refractivity contribution in [3.63, 3.8) is 0 Å². The maximum atomic E-state index is 12.0. The molecule has 1 fully saturated rings. The van der Waals surface area contributed by atoms with E-state index < -0.39 is 0 Å². The average molecular weight is 284 g/mol. The molecular weight excluding hydrogens is 270 g/mol. The molecule has 86 valence electrons. The summed E-state index contributed by atoms with van der Waals surface area (Å²) < 4.78 is 0. The third-order valence-electron chi connectivity index (χ3n) is 2.93. The van der Waals surface area contributed by atoms with E-state index in [1.165, 1.54) is 6.33 Å². The van der Waals surface area contributed by atoms with Crippen molar-refractivity contribution >= 4 is 21.8 Å². The summed E-state index contributed by atoms with van der Waals surface area (Å²) in [5.41, 5.74) is 0.583. The third kappa shape index (κ3) is 2.58. The van der Waals surface area contributed by atoms with Crippen LogP contribution >= 0.6 is 15.9 Å². The number of amides is 1. The van der Waals surface area contributed by atoms with Crippen molar-refractivity contribution < 1.29 is 4.79 Å². The maximum absolute atomic E-state index is 12.0. The molecule has 0 saturated carbocycles. The Balaban J connectivity index is 1.97. The van der Waals surface area contributed by atoms with Gasteiger partial charge in [0.1, 0.15) is 6.33 Å². The van der Waals surface area contributed by atoms with Crippen LogP contribution in [0.4, 0.5) is 0 Å². The molecule has 1 aromatic rings. The molecule has 0 N–H and O–H groups in total. The molecule has 0 unspecified atom stereocenters. The monoisotopic (exact) mass is 283 g/mol. The van der Waals surface area contributed by atoms with Gasteiger partial charge >= 0.3 is 0 Å². The van der Waals surface area contributed by atoms with E-state index in [0.717, 1.165) is 31.3 Å². The van der Waals surface area contributed by atoms with Gasteiger partial charge in [0, 0.05) is 30.8 Å². The first-order valence-corrected chi connectivity index (χ1v) is 6.53. The van der Waals surface area contributed by atoms with Gasteiger partial charge in [0.25, 0.3) is 5.91 Å². The Kier molecular flexibility index (Phi) is 3.88. The van der Waals surface area contributed by atoms with Crippen molar-refractivity contribution in [2.75, 3.05) is 18.4 Å². The van der Waals surface area contributed by atoms with Crippen molar-refractivity contribution in [2.45, 2.75) is 12.8 Å². The molecule has 0 aliphatic carbocycles. The summed E-state index contributed by atoms with van der Waals surface area (Å²) in [5, 5.41) is 1.03. The predicted octanol–water partition coefficient (Wildman–Crippen LogP) is 1.72. The number of piperidine rings is 1. The first-order valence-electron chi connectivity index (χ1n) is 5.41. The van der Waals surface area contributed by atoms with Crippen LogP contribution in [0.25, 0.3) is 0 Å². The van der Waals surface area contributed by atoms with Crippen LogP contribution in [0.5, 0.6) is 0 Å². The largest absolute Gasteiger partial charge is 0.339 e. The molecule has 0 spiro atoms. The topological polar surface area (TPSA) is 46.1 Å². The summed E-state index contributed by atoms with van der Waals surface area (Å²) in [7, 11) is 0. The summed E-state index contributed by atoms with van der Waals surface area (Å²) in [6.45, 7) is 1.67. The number of hydrogen-bond donors (Lipinski definition) is 0. The van der Waals surface area contributed by atoms with Crippen LogP contribution in [0.3, 0.4) is 0 Å². The van der Waals surface area contributed by atoms with Crippen LogP contribution in [-0.4, -0.2) is 39.2 Å². The van der Waals surface area contributed by atoms with Crippen LogP contribution in [0.1, 0.15) is 23.2 Å². The zero-order valence-corrected chi connectivity index (χ0v) is 10.6. The van der Waals surface area contributed by atoms with Gasteiger partial charge < -0.3 is 4.90 Å². The number of aromatic nitrogens is 2. The summed E-state index contributed by atoms with van der Waals surface area (Å²) in [4.78, 5) is 21.6. The van der Waals surface area contributed by atoms with E-state index in [2.05, 4.69) is 25.9 Å². The van der Waals surface area contributed by atoms with Gasteiger partial charge in [0.2, 0.25) is 0 Å². The molecule has 0 aromatic carbocycles. The number of rotatable bonds is 2. The van der Waals surface area contributed by atoms with Crippen LogP contribution in [0.2, 0.25) is 0 Å². The number of likely N-dealkylation sites (tertiary alicyclic amines) is 1. The molecule has 4 nitrogen and oxygen atoms in total. The average Bonchev–Trinajstić information content (AvgIpc) is 2.39. The van der Waals surface area contributed by atoms with Crippen LogP contribution in [0.15, 0.2) is 18.7 Å².